The van der Waals surface area contributed by atoms with Crippen molar-refractivity contribution in [2.75, 3.05) is 30.5 Å². The van der Waals surface area contributed by atoms with Crippen LogP contribution in [-0.4, -0.2) is 31.0 Å². The zero-order valence-corrected chi connectivity index (χ0v) is 26.0. The summed E-state index contributed by atoms with van der Waals surface area (Å²) in [6.45, 7) is 6.72. The number of quaternary nitrogens is 1. The van der Waals surface area contributed by atoms with E-state index in [2.05, 4.69) is 92.0 Å². The van der Waals surface area contributed by atoms with Gasteiger partial charge in [0.05, 0.1) is 22.2 Å². The van der Waals surface area contributed by atoms with Crippen molar-refractivity contribution in [3.8, 4) is 0 Å². The van der Waals surface area contributed by atoms with E-state index in [9.17, 15) is 0 Å². The van der Waals surface area contributed by atoms with Crippen LogP contribution in [0.1, 0.15) is 39.5 Å². The van der Waals surface area contributed by atoms with Crippen molar-refractivity contribution in [2.24, 2.45) is 5.92 Å². The normalized spacial score (nSPS) is 26.3. The third-order valence-corrected chi connectivity index (χ3v) is 12.0. The minimum atomic E-state index is 0.474. The summed E-state index contributed by atoms with van der Waals surface area (Å²) >= 11 is 7.64. The third-order valence-electron chi connectivity index (χ3n) is 8.18. The van der Waals surface area contributed by atoms with Crippen LogP contribution in [0, 0.1) is 5.92 Å². The van der Waals surface area contributed by atoms with E-state index in [1.807, 2.05) is 47.0 Å². The molecule has 0 spiro atoms. The first-order chi connectivity index (χ1) is 18.6. The zero-order valence-electron chi connectivity index (χ0n) is 22.8. The summed E-state index contributed by atoms with van der Waals surface area (Å²) in [5.74, 6) is 0.723. The number of benzene rings is 2. The lowest BCUT2D eigenvalue weighted by molar-refractivity contribution is -0.833. The van der Waals surface area contributed by atoms with E-state index in [4.69, 9.17) is 0 Å². The van der Waals surface area contributed by atoms with Crippen molar-refractivity contribution in [2.45, 2.75) is 64.5 Å². The lowest BCUT2D eigenvalue weighted by Crippen LogP contribution is -3.08. The molecule has 2 aliphatic carbocycles. The molecule has 0 bridgehead atoms. The number of likely N-dealkylation sites (N-methyl/N-ethyl adjacent to an activating group) is 1. The first-order valence-corrected chi connectivity index (χ1v) is 17.9. The van der Waals surface area contributed by atoms with Crippen LogP contribution in [0.25, 0.3) is 0 Å². The van der Waals surface area contributed by atoms with Gasteiger partial charge in [-0.1, -0.05) is 35.7 Å². The molecule has 0 aromatic heterocycles. The quantitative estimate of drug-likeness (QED) is 0.343. The lowest BCUT2D eigenvalue weighted by Gasteiger charge is -2.29. The van der Waals surface area contributed by atoms with Crippen LogP contribution in [0.5, 0.6) is 0 Å². The highest BCUT2D eigenvalue weighted by Gasteiger charge is 2.34. The van der Waals surface area contributed by atoms with E-state index in [1.165, 1.54) is 72.8 Å². The summed E-state index contributed by atoms with van der Waals surface area (Å²) in [6.07, 6.45) is 19.4. The molecule has 2 aromatic carbocycles. The summed E-state index contributed by atoms with van der Waals surface area (Å²) in [4.78, 5) is 9.64. The molecule has 6 heteroatoms. The predicted molar refractivity (Wildman–Crippen MR) is 170 cm³/mol. The van der Waals surface area contributed by atoms with Gasteiger partial charge in [0.1, 0.15) is 5.69 Å². The fourth-order valence-corrected chi connectivity index (χ4v) is 9.60. The molecule has 2 heterocycles. The standard InChI is InChI=1S/C32H36N2S4/c1-5-33-27-19-25(35-3)11-13-29(27)37-31(33)17-21-7-9-23-10-8-22(16-24(23)15-21)18-32-34(6-2)28-20-26(36-4)12-14-30(28)38-32/h11-20,23,31H,5-10H2,1-4H3/p+1/b21-17+,32-18-. The molecule has 0 amide bonds. The summed E-state index contributed by atoms with van der Waals surface area (Å²) in [6, 6.07) is 13.9. The van der Waals surface area contributed by atoms with Crippen LogP contribution >= 0.6 is 47.0 Å². The lowest BCUT2D eigenvalue weighted by atomic mass is 9.77. The van der Waals surface area contributed by atoms with E-state index in [0.717, 1.165) is 19.0 Å². The molecule has 2 aliphatic heterocycles. The Hall–Kier alpha value is -1.44. The van der Waals surface area contributed by atoms with Gasteiger partial charge in [0.2, 0.25) is 0 Å². The van der Waals surface area contributed by atoms with Gasteiger partial charge < -0.3 is 4.90 Å². The Kier molecular flexibility index (Phi) is 8.16. The van der Waals surface area contributed by atoms with Crippen LogP contribution < -0.4 is 9.80 Å². The summed E-state index contributed by atoms with van der Waals surface area (Å²) in [7, 11) is 0. The Labute approximate surface area is 245 Å². The first kappa shape index (κ1) is 26.8. The van der Waals surface area contributed by atoms with Crippen LogP contribution in [0.3, 0.4) is 0 Å². The molecule has 38 heavy (non-hydrogen) atoms. The number of hydrogen-bond acceptors (Lipinski definition) is 5. The molecule has 0 radical (unpaired) electrons. The average molecular weight is 578 g/mol. The van der Waals surface area contributed by atoms with Crippen LogP contribution in [0.2, 0.25) is 0 Å². The molecular formula is C32H37N2S4+. The number of rotatable bonds is 6. The highest BCUT2D eigenvalue weighted by atomic mass is 32.2. The monoisotopic (exact) mass is 577 g/mol. The molecule has 1 N–H and O–H groups in total. The smallest absolute Gasteiger partial charge is 0.163 e. The molecular weight excluding hydrogens is 541 g/mol. The van der Waals surface area contributed by atoms with Gasteiger partial charge in [0, 0.05) is 27.3 Å². The van der Waals surface area contributed by atoms with Crippen LogP contribution in [0.15, 0.2) is 102 Å². The number of allylic oxidation sites excluding steroid dienone is 6. The predicted octanol–water partition coefficient (Wildman–Crippen LogP) is 8.56. The van der Waals surface area contributed by atoms with Gasteiger partial charge >= 0.3 is 0 Å². The Morgan fingerprint density at radius 3 is 2.50 bits per heavy atom. The van der Waals surface area contributed by atoms with E-state index < -0.39 is 0 Å². The van der Waals surface area contributed by atoms with Crippen molar-refractivity contribution in [3.63, 3.8) is 0 Å². The van der Waals surface area contributed by atoms with Gasteiger partial charge in [0.15, 0.2) is 5.37 Å². The third kappa shape index (κ3) is 5.19. The van der Waals surface area contributed by atoms with Gasteiger partial charge in [0.25, 0.3) is 0 Å². The van der Waals surface area contributed by atoms with Crippen molar-refractivity contribution in [3.05, 3.63) is 82.5 Å². The second-order valence-corrected chi connectivity index (χ2v) is 14.3. The summed E-state index contributed by atoms with van der Waals surface area (Å²) < 4.78 is 0. The van der Waals surface area contributed by atoms with Gasteiger partial charge in [-0.2, -0.15) is 0 Å². The highest BCUT2D eigenvalue weighted by Crippen LogP contribution is 2.48. The number of fused-ring (bicyclic) bond motifs is 3. The molecule has 6 rings (SSSR count). The van der Waals surface area contributed by atoms with Gasteiger partial charge in [-0.25, -0.2) is 0 Å². The Balaban J connectivity index is 1.25. The summed E-state index contributed by atoms with van der Waals surface area (Å²) in [5.41, 5.74) is 7.43. The first-order valence-electron chi connectivity index (χ1n) is 13.8. The van der Waals surface area contributed by atoms with Gasteiger partial charge in [-0.15, -0.1) is 23.5 Å². The Bertz CT molecular complexity index is 1360. The average Bonchev–Trinajstić information content (AvgIpc) is 3.47. The van der Waals surface area contributed by atoms with E-state index in [-0.39, 0.29) is 0 Å². The minimum absolute atomic E-state index is 0.474. The number of nitrogens with zero attached hydrogens (tertiary/aromatic N) is 1. The maximum Gasteiger partial charge on any atom is 0.163 e. The number of thioether (sulfide) groups is 4. The minimum Gasteiger partial charge on any atom is -0.335 e. The summed E-state index contributed by atoms with van der Waals surface area (Å²) in [5, 5.41) is 1.85. The van der Waals surface area contributed by atoms with Crippen molar-refractivity contribution in [1.82, 2.24) is 0 Å². The molecule has 0 saturated heterocycles. The van der Waals surface area contributed by atoms with E-state index in [1.54, 1.807) is 10.5 Å². The van der Waals surface area contributed by atoms with Gasteiger partial charge in [-0.3, -0.25) is 4.90 Å². The maximum atomic E-state index is 2.58. The molecule has 3 atom stereocenters. The fourth-order valence-electron chi connectivity index (χ4n) is 6.13. The molecule has 2 nitrogen and oxygen atoms in total. The Morgan fingerprint density at radius 1 is 0.974 bits per heavy atom. The topological polar surface area (TPSA) is 7.68 Å². The fraction of sp³-hybridized carbons (Fsp3) is 0.375. The number of anilines is 1. The molecule has 3 unspecified atom stereocenters. The molecule has 198 valence electrons. The zero-order chi connectivity index (χ0) is 26.2. The van der Waals surface area contributed by atoms with Crippen molar-refractivity contribution >= 4 is 58.4 Å². The number of hydrogen-bond donors (Lipinski definition) is 1. The van der Waals surface area contributed by atoms with Crippen LogP contribution in [-0.2, 0) is 0 Å². The SMILES string of the molecule is CCN1/C(=C/C2=CC3=C/C(=C/C4Sc5ccc(SC)cc5[NH+]4CC)CCC3CC2)Sc2ccc(SC)cc21. The Morgan fingerprint density at radius 2 is 1.74 bits per heavy atom. The van der Waals surface area contributed by atoms with E-state index in [0.29, 0.717) is 5.37 Å². The molecule has 0 saturated carbocycles. The van der Waals surface area contributed by atoms with Crippen molar-refractivity contribution in [1.29, 1.82) is 0 Å². The second kappa shape index (κ2) is 11.6. The maximum absolute atomic E-state index is 2.58. The molecule has 4 aliphatic rings. The van der Waals surface area contributed by atoms with E-state index >= 15 is 0 Å². The number of nitrogens with one attached hydrogen (secondary N) is 1. The largest absolute Gasteiger partial charge is 0.335 e. The van der Waals surface area contributed by atoms with Crippen LogP contribution in [0.4, 0.5) is 11.4 Å². The van der Waals surface area contributed by atoms with Crippen molar-refractivity contribution < 1.29 is 4.90 Å². The second-order valence-electron chi connectivity index (χ2n) is 10.3. The van der Waals surface area contributed by atoms with Gasteiger partial charge in [-0.05, 0) is 117 Å². The molecule has 0 fully saturated rings. The molecule has 2 aromatic rings. The highest BCUT2D eigenvalue weighted by molar-refractivity contribution is 8.03.